The summed E-state index contributed by atoms with van der Waals surface area (Å²) in [4.78, 5) is 0. The second-order valence-electron chi connectivity index (χ2n) is 6.82. The summed E-state index contributed by atoms with van der Waals surface area (Å²) in [5.74, 6) is 0. The van der Waals surface area contributed by atoms with Gasteiger partial charge >= 0.3 is 0 Å². The minimum absolute atomic E-state index is 0.764. The first-order chi connectivity index (χ1) is 11.2. The highest BCUT2D eigenvalue weighted by atomic mass is 28.3. The van der Waals surface area contributed by atoms with Gasteiger partial charge in [-0.25, -0.2) is 0 Å². The van der Waals surface area contributed by atoms with E-state index in [0.717, 1.165) is 6.42 Å². The van der Waals surface area contributed by atoms with Crippen LogP contribution in [0.1, 0.15) is 18.9 Å². The van der Waals surface area contributed by atoms with E-state index in [2.05, 4.69) is 80.7 Å². The van der Waals surface area contributed by atoms with Crippen molar-refractivity contribution in [2.45, 2.75) is 26.4 Å². The molecule has 1 aliphatic rings. The van der Waals surface area contributed by atoms with Crippen LogP contribution in [0.3, 0.4) is 0 Å². The van der Waals surface area contributed by atoms with Crippen LogP contribution < -0.4 is 0 Å². The van der Waals surface area contributed by atoms with Gasteiger partial charge < -0.3 is 0 Å². The van der Waals surface area contributed by atoms with Gasteiger partial charge in [0.2, 0.25) is 0 Å². The molecule has 1 aliphatic carbocycles. The fourth-order valence-electron chi connectivity index (χ4n) is 3.99. The number of hydrogen-bond acceptors (Lipinski definition) is 0. The summed E-state index contributed by atoms with van der Waals surface area (Å²) in [6, 6.07) is 20.0. The highest BCUT2D eigenvalue weighted by molar-refractivity contribution is 6.65. The van der Waals surface area contributed by atoms with Gasteiger partial charge in [0.15, 0.2) is 0 Å². The molecule has 0 spiro atoms. The predicted molar refractivity (Wildman–Crippen MR) is 106 cm³/mol. The van der Waals surface area contributed by atoms with Crippen molar-refractivity contribution in [1.82, 2.24) is 0 Å². The summed E-state index contributed by atoms with van der Waals surface area (Å²) in [5.41, 5.74) is 4.53. The van der Waals surface area contributed by atoms with Crippen molar-refractivity contribution >= 4 is 35.9 Å². The van der Waals surface area contributed by atoms with Gasteiger partial charge in [-0.3, -0.25) is 0 Å². The summed E-state index contributed by atoms with van der Waals surface area (Å²) < 4.78 is 0. The molecule has 0 bridgehead atoms. The van der Waals surface area contributed by atoms with Gasteiger partial charge in [0.05, 0.1) is 8.80 Å². The number of allylic oxidation sites excluding steroid dienone is 4. The molecule has 0 radical (unpaired) electrons. The second-order valence-corrected chi connectivity index (χ2v) is 9.75. The zero-order valence-electron chi connectivity index (χ0n) is 14.1. The third-order valence-electron chi connectivity index (χ3n) is 5.11. The first-order valence-corrected chi connectivity index (χ1v) is 11.4. The van der Waals surface area contributed by atoms with Crippen LogP contribution >= 0.6 is 0 Å². The molecule has 3 aromatic rings. The molecule has 0 aliphatic heterocycles. The highest BCUT2D eigenvalue weighted by Gasteiger charge is 2.21. The molecular weight excluding hydrogens is 292 g/mol. The van der Waals surface area contributed by atoms with Gasteiger partial charge in [0, 0.05) is 0 Å². The van der Waals surface area contributed by atoms with Gasteiger partial charge in [0.25, 0.3) is 0 Å². The summed E-state index contributed by atoms with van der Waals surface area (Å²) in [5, 5.41) is 7.12. The van der Waals surface area contributed by atoms with Crippen LogP contribution in [-0.2, 0) is 0 Å². The number of rotatable bonds is 2. The van der Waals surface area contributed by atoms with Crippen molar-refractivity contribution in [3.63, 3.8) is 0 Å². The molecule has 1 heteroatoms. The largest absolute Gasteiger partial charge is 0.0809 e. The van der Waals surface area contributed by atoms with Crippen LogP contribution in [0.5, 0.6) is 0 Å². The SMILES string of the molecule is CC1=C(c2c3ccccc3cc3ccccc23)CC=C1[SiH](C)C. The van der Waals surface area contributed by atoms with E-state index in [1.807, 2.05) is 0 Å². The molecule has 0 unspecified atom stereocenters. The van der Waals surface area contributed by atoms with Gasteiger partial charge in [-0.05, 0) is 57.7 Å². The number of hydrogen-bond donors (Lipinski definition) is 0. The van der Waals surface area contributed by atoms with Crippen molar-refractivity contribution in [2.24, 2.45) is 0 Å². The van der Waals surface area contributed by atoms with E-state index in [-0.39, 0.29) is 0 Å². The first-order valence-electron chi connectivity index (χ1n) is 8.48. The summed E-state index contributed by atoms with van der Waals surface area (Å²) in [6.45, 7) is 7.19. The molecule has 114 valence electrons. The molecule has 0 fully saturated rings. The van der Waals surface area contributed by atoms with E-state index >= 15 is 0 Å². The minimum Gasteiger partial charge on any atom is -0.0809 e. The zero-order chi connectivity index (χ0) is 16.0. The summed E-state index contributed by atoms with van der Waals surface area (Å²) in [6.07, 6.45) is 3.57. The third-order valence-corrected chi connectivity index (χ3v) is 7.02. The molecule has 3 aromatic carbocycles. The molecule has 23 heavy (non-hydrogen) atoms. The lowest BCUT2D eigenvalue weighted by molar-refractivity contribution is 1.44. The lowest BCUT2D eigenvalue weighted by atomic mass is 9.90. The Bertz CT molecular complexity index is 920. The molecule has 0 saturated carbocycles. The zero-order valence-corrected chi connectivity index (χ0v) is 15.2. The van der Waals surface area contributed by atoms with Crippen LogP contribution in [0.4, 0.5) is 0 Å². The predicted octanol–water partition coefficient (Wildman–Crippen LogP) is 6.12. The van der Waals surface area contributed by atoms with Gasteiger partial charge in [-0.2, -0.15) is 0 Å². The van der Waals surface area contributed by atoms with Gasteiger partial charge in [0.1, 0.15) is 0 Å². The Morgan fingerprint density at radius 2 is 1.39 bits per heavy atom. The average molecular weight is 315 g/mol. The summed E-state index contributed by atoms with van der Waals surface area (Å²) >= 11 is 0. The summed E-state index contributed by atoms with van der Waals surface area (Å²) in [7, 11) is -0.764. The van der Waals surface area contributed by atoms with E-state index in [1.54, 1.807) is 5.20 Å². The Hall–Kier alpha value is -2.12. The fourth-order valence-corrected chi connectivity index (χ4v) is 5.62. The van der Waals surface area contributed by atoms with Crippen LogP contribution in [-0.4, -0.2) is 8.80 Å². The highest BCUT2D eigenvalue weighted by Crippen LogP contribution is 2.41. The molecule has 0 N–H and O–H groups in total. The number of fused-ring (bicyclic) bond motifs is 2. The molecule has 0 saturated heterocycles. The van der Waals surface area contributed by atoms with E-state index in [4.69, 9.17) is 0 Å². The standard InChI is InChI=1S/C22H22Si/c1-15-18(12-13-21(15)23(2)3)22-19-10-6-4-8-16(19)14-17-9-5-7-11-20(17)22/h4-11,13-14,23H,12H2,1-3H3. The van der Waals surface area contributed by atoms with Crippen LogP contribution in [0.15, 0.2) is 71.4 Å². The topological polar surface area (TPSA) is 0 Å². The monoisotopic (exact) mass is 314 g/mol. The van der Waals surface area contributed by atoms with Gasteiger partial charge in [-0.15, -0.1) is 0 Å². The smallest absolute Gasteiger partial charge is 0.0646 e. The molecule has 0 amide bonds. The Morgan fingerprint density at radius 3 is 1.91 bits per heavy atom. The van der Waals surface area contributed by atoms with E-state index in [1.165, 1.54) is 38.3 Å². The maximum Gasteiger partial charge on any atom is 0.0646 e. The lowest BCUT2D eigenvalue weighted by Gasteiger charge is -2.15. The second kappa shape index (κ2) is 5.50. The minimum atomic E-state index is -0.764. The Balaban J connectivity index is 2.09. The number of benzene rings is 3. The molecule has 0 heterocycles. The maximum absolute atomic E-state index is 2.48. The lowest BCUT2D eigenvalue weighted by Crippen LogP contribution is -2.05. The third kappa shape index (κ3) is 2.27. The maximum atomic E-state index is 2.48. The Labute approximate surface area is 139 Å². The van der Waals surface area contributed by atoms with E-state index in [9.17, 15) is 0 Å². The average Bonchev–Trinajstić information content (AvgIpc) is 2.94. The molecule has 0 aromatic heterocycles. The van der Waals surface area contributed by atoms with Crippen molar-refractivity contribution in [3.05, 3.63) is 77.0 Å². The molecule has 0 nitrogen and oxygen atoms in total. The van der Waals surface area contributed by atoms with Crippen molar-refractivity contribution in [1.29, 1.82) is 0 Å². The molecule has 4 rings (SSSR count). The van der Waals surface area contributed by atoms with Crippen LogP contribution in [0.2, 0.25) is 13.1 Å². The van der Waals surface area contributed by atoms with Crippen molar-refractivity contribution in [2.75, 3.05) is 0 Å². The normalized spacial score (nSPS) is 15.0. The van der Waals surface area contributed by atoms with Crippen molar-refractivity contribution < 1.29 is 0 Å². The molecular formula is C22H22Si. The first kappa shape index (κ1) is 14.5. The van der Waals surface area contributed by atoms with Crippen LogP contribution in [0.25, 0.3) is 27.1 Å². The van der Waals surface area contributed by atoms with Gasteiger partial charge in [-0.1, -0.05) is 72.9 Å². The quantitative estimate of drug-likeness (QED) is 0.395. The Morgan fingerprint density at radius 1 is 0.826 bits per heavy atom. The Kier molecular flexibility index (Phi) is 3.46. The van der Waals surface area contributed by atoms with Crippen LogP contribution in [0, 0.1) is 0 Å². The van der Waals surface area contributed by atoms with E-state index < -0.39 is 8.80 Å². The fraction of sp³-hybridized carbons (Fsp3) is 0.182. The molecule has 0 atom stereocenters. The van der Waals surface area contributed by atoms with Crippen molar-refractivity contribution in [3.8, 4) is 0 Å². The van der Waals surface area contributed by atoms with E-state index in [0.29, 0.717) is 0 Å².